The number of carbonyl (C=O) groups is 1. The largest absolute Gasteiger partial charge is 0.492 e. The lowest BCUT2D eigenvalue weighted by atomic mass is 9.77. The number of nitrogens with two attached hydrogens (primary N) is 1. The second-order valence-electron chi connectivity index (χ2n) is 8.18. The fourth-order valence-corrected chi connectivity index (χ4v) is 4.65. The predicted molar refractivity (Wildman–Crippen MR) is 92.6 cm³/mol. The summed E-state index contributed by atoms with van der Waals surface area (Å²) in [7, 11) is -0.838. The molecule has 1 aliphatic carbocycles. The summed E-state index contributed by atoms with van der Waals surface area (Å²) in [5.74, 6) is 0.374. The molecule has 4 N–H and O–H groups in total. The van der Waals surface area contributed by atoms with E-state index in [0.29, 0.717) is 5.92 Å². The summed E-state index contributed by atoms with van der Waals surface area (Å²) in [5, 5.41) is 13.8. The van der Waals surface area contributed by atoms with Gasteiger partial charge in [0, 0.05) is 11.5 Å². The Hall–Kier alpha value is -1.37. The Labute approximate surface area is 143 Å². The van der Waals surface area contributed by atoms with Gasteiger partial charge in [-0.05, 0) is 68.6 Å². The van der Waals surface area contributed by atoms with Gasteiger partial charge in [0.2, 0.25) is 5.91 Å². The maximum Gasteiger partial charge on any atom is 0.492 e. The van der Waals surface area contributed by atoms with Crippen LogP contribution < -0.4 is 16.5 Å². The quantitative estimate of drug-likeness (QED) is 0.703. The van der Waals surface area contributed by atoms with Crippen LogP contribution in [-0.2, 0) is 21.5 Å². The molecule has 1 saturated heterocycles. The molecule has 3 unspecified atom stereocenters. The lowest BCUT2D eigenvalue weighted by Gasteiger charge is -2.30. The van der Waals surface area contributed by atoms with Gasteiger partial charge in [-0.15, -0.1) is 0 Å². The minimum atomic E-state index is -0.838. The average Bonchev–Trinajstić information content (AvgIpc) is 3.09. The van der Waals surface area contributed by atoms with Gasteiger partial charge < -0.3 is 20.7 Å². The average molecular weight is 328 g/mol. The Morgan fingerprint density at radius 1 is 1.46 bits per heavy atom. The van der Waals surface area contributed by atoms with Gasteiger partial charge in [0.1, 0.15) is 0 Å². The summed E-state index contributed by atoms with van der Waals surface area (Å²) in [6.45, 7) is 4.83. The van der Waals surface area contributed by atoms with Crippen LogP contribution in [0.25, 0.3) is 0 Å². The van der Waals surface area contributed by atoms with E-state index in [-0.39, 0.29) is 17.4 Å². The highest BCUT2D eigenvalue weighted by atomic mass is 16.5. The normalized spacial score (nSPS) is 33.5. The van der Waals surface area contributed by atoms with Crippen LogP contribution in [0, 0.1) is 11.8 Å². The Balaban J connectivity index is 1.48. The van der Waals surface area contributed by atoms with Crippen molar-refractivity contribution in [3.05, 3.63) is 29.3 Å². The molecule has 0 aromatic heterocycles. The summed E-state index contributed by atoms with van der Waals surface area (Å²) in [6, 6.07) is 6.30. The van der Waals surface area contributed by atoms with E-state index >= 15 is 0 Å². The van der Waals surface area contributed by atoms with Gasteiger partial charge in [-0.1, -0.05) is 18.2 Å². The monoisotopic (exact) mass is 328 g/mol. The molecule has 6 heteroatoms. The number of fused-ring (bicyclic) bond motifs is 1. The van der Waals surface area contributed by atoms with Crippen molar-refractivity contribution in [1.29, 1.82) is 0 Å². The van der Waals surface area contributed by atoms with Crippen LogP contribution in [0.2, 0.25) is 0 Å². The lowest BCUT2D eigenvalue weighted by molar-refractivity contribution is -0.123. The molecular formula is C18H25BN2O3. The molecule has 24 heavy (non-hydrogen) atoms. The van der Waals surface area contributed by atoms with E-state index in [1.165, 1.54) is 5.56 Å². The summed E-state index contributed by atoms with van der Waals surface area (Å²) < 4.78 is 5.64. The number of benzene rings is 1. The minimum absolute atomic E-state index is 0.00675. The molecule has 1 amide bonds. The number of rotatable bonds is 3. The lowest BCUT2D eigenvalue weighted by Crippen LogP contribution is -2.45. The van der Waals surface area contributed by atoms with Gasteiger partial charge in [0.25, 0.3) is 0 Å². The van der Waals surface area contributed by atoms with Gasteiger partial charge in [0.15, 0.2) is 0 Å². The van der Waals surface area contributed by atoms with Crippen LogP contribution in [0.5, 0.6) is 0 Å². The van der Waals surface area contributed by atoms with E-state index in [9.17, 15) is 9.82 Å². The fourth-order valence-electron chi connectivity index (χ4n) is 4.65. The Bertz CT molecular complexity index is 693. The number of hydrogen-bond donors (Lipinski definition) is 3. The van der Waals surface area contributed by atoms with E-state index in [2.05, 4.69) is 23.5 Å². The molecule has 2 heterocycles. The van der Waals surface area contributed by atoms with E-state index < -0.39 is 12.7 Å². The molecule has 2 aliphatic heterocycles. The molecule has 1 aromatic carbocycles. The van der Waals surface area contributed by atoms with E-state index in [4.69, 9.17) is 10.4 Å². The van der Waals surface area contributed by atoms with Gasteiger partial charge in [-0.3, -0.25) is 4.79 Å². The molecule has 128 valence electrons. The molecule has 0 radical (unpaired) electrons. The first-order valence-corrected chi connectivity index (χ1v) is 8.84. The maximum absolute atomic E-state index is 11.5. The number of piperidine rings is 1. The van der Waals surface area contributed by atoms with Crippen LogP contribution in [0.4, 0.5) is 0 Å². The van der Waals surface area contributed by atoms with Crippen molar-refractivity contribution in [3.8, 4) is 0 Å². The second-order valence-corrected chi connectivity index (χ2v) is 8.18. The number of hydrogen-bond acceptors (Lipinski definition) is 4. The summed E-state index contributed by atoms with van der Waals surface area (Å²) in [5.41, 5.74) is 8.33. The zero-order valence-corrected chi connectivity index (χ0v) is 14.3. The predicted octanol–water partition coefficient (Wildman–Crippen LogP) is 0.426. The first-order chi connectivity index (χ1) is 11.3. The summed E-state index contributed by atoms with van der Waals surface area (Å²) in [4.78, 5) is 11.5. The van der Waals surface area contributed by atoms with Crippen LogP contribution in [0.15, 0.2) is 18.2 Å². The minimum Gasteiger partial charge on any atom is -0.423 e. The topological polar surface area (TPSA) is 84.6 Å². The zero-order valence-electron chi connectivity index (χ0n) is 14.3. The molecule has 5 nitrogen and oxygen atoms in total. The third-order valence-corrected chi connectivity index (χ3v) is 6.13. The Kier molecular flexibility index (Phi) is 3.57. The molecule has 1 saturated carbocycles. The van der Waals surface area contributed by atoms with Crippen LogP contribution >= 0.6 is 0 Å². The zero-order chi connectivity index (χ0) is 17.1. The summed E-state index contributed by atoms with van der Waals surface area (Å²) in [6.07, 6.45) is 3.76. The molecule has 2 fully saturated rings. The molecular weight excluding hydrogens is 303 g/mol. The molecule has 1 spiro atoms. The second kappa shape index (κ2) is 5.31. The van der Waals surface area contributed by atoms with Crippen molar-refractivity contribution in [1.82, 2.24) is 5.32 Å². The van der Waals surface area contributed by atoms with E-state index in [1.807, 2.05) is 13.8 Å². The van der Waals surface area contributed by atoms with Gasteiger partial charge in [-0.2, -0.15) is 0 Å². The Morgan fingerprint density at radius 3 is 3.00 bits per heavy atom. The molecule has 1 aromatic rings. The van der Waals surface area contributed by atoms with Gasteiger partial charge in [-0.25, -0.2) is 0 Å². The third-order valence-electron chi connectivity index (χ3n) is 6.13. The first-order valence-electron chi connectivity index (χ1n) is 8.84. The first kappa shape index (κ1) is 16.1. The highest BCUT2D eigenvalue weighted by Crippen LogP contribution is 2.51. The molecule has 3 atom stereocenters. The van der Waals surface area contributed by atoms with Crippen molar-refractivity contribution in [3.63, 3.8) is 0 Å². The SMILES string of the molecule is CC1(C)OB(O)c2cc(CC3CC34CC(C(N)=O)CCN4)ccc21. The molecule has 0 bridgehead atoms. The van der Waals surface area contributed by atoms with Crippen molar-refractivity contribution in [2.45, 2.75) is 50.7 Å². The highest BCUT2D eigenvalue weighted by Gasteiger charge is 2.56. The van der Waals surface area contributed by atoms with Gasteiger partial charge in [0.05, 0.1) is 5.60 Å². The van der Waals surface area contributed by atoms with Crippen LogP contribution in [0.1, 0.15) is 44.2 Å². The van der Waals surface area contributed by atoms with E-state index in [1.54, 1.807) is 0 Å². The number of nitrogens with one attached hydrogen (secondary N) is 1. The standard InChI is InChI=1S/C18H25BN2O3/c1-17(2)14-4-3-11(8-15(14)19(23)24-17)7-13-10-18(13)9-12(16(20)22)5-6-21-18/h3-4,8,12-13,21,23H,5-7,9-10H2,1-2H3,(H2,20,22). The van der Waals surface area contributed by atoms with Gasteiger partial charge >= 0.3 is 7.12 Å². The van der Waals surface area contributed by atoms with Crippen molar-refractivity contribution in [2.24, 2.45) is 17.6 Å². The summed E-state index contributed by atoms with van der Waals surface area (Å²) >= 11 is 0. The number of primary amides is 1. The van der Waals surface area contributed by atoms with Crippen molar-refractivity contribution in [2.75, 3.05) is 6.54 Å². The Morgan fingerprint density at radius 2 is 2.25 bits per heavy atom. The van der Waals surface area contributed by atoms with Crippen LogP contribution in [-0.4, -0.2) is 30.1 Å². The highest BCUT2D eigenvalue weighted by molar-refractivity contribution is 6.62. The van der Waals surface area contributed by atoms with Crippen molar-refractivity contribution < 1.29 is 14.5 Å². The van der Waals surface area contributed by atoms with E-state index in [0.717, 1.165) is 43.3 Å². The number of carbonyl (C=O) groups excluding carboxylic acids is 1. The molecule has 3 aliphatic rings. The van der Waals surface area contributed by atoms with Crippen molar-refractivity contribution >= 4 is 18.5 Å². The third kappa shape index (κ3) is 2.57. The smallest absolute Gasteiger partial charge is 0.423 e. The molecule has 4 rings (SSSR count). The maximum atomic E-state index is 11.5. The number of amides is 1. The van der Waals surface area contributed by atoms with Crippen LogP contribution in [0.3, 0.4) is 0 Å². The fraction of sp³-hybridized carbons (Fsp3) is 0.611.